The summed E-state index contributed by atoms with van der Waals surface area (Å²) in [6.45, 7) is 35.6. The first-order valence-corrected chi connectivity index (χ1v) is 63.1. The molecule has 5 aromatic carbocycles. The number of halogens is 7. The van der Waals surface area contributed by atoms with Crippen molar-refractivity contribution in [1.82, 2.24) is 16.0 Å². The van der Waals surface area contributed by atoms with E-state index in [1.54, 1.807) is 121 Å². The molecule has 0 aliphatic carbocycles. The molecular weight excluding hydrogens is 2250 g/mol. The van der Waals surface area contributed by atoms with Crippen molar-refractivity contribution in [3.05, 3.63) is 149 Å². The van der Waals surface area contributed by atoms with Crippen molar-refractivity contribution in [3.63, 3.8) is 0 Å². The molecule has 3 radical (unpaired) electrons. The van der Waals surface area contributed by atoms with E-state index in [4.69, 9.17) is 123 Å². The first-order chi connectivity index (χ1) is 66.5. The largest absolute Gasteiger partial charge is 1.00 e. The number of aliphatic hydroxyl groups excluding tert-OH is 2. The number of aldehydes is 2. The average molecular weight is 2400 g/mol. The van der Waals surface area contributed by atoms with Crippen molar-refractivity contribution in [2.45, 2.75) is 245 Å². The number of hydrogen-bond donors (Lipinski definition) is 9. The third-order valence-corrected chi connectivity index (χ3v) is 21.2. The van der Waals surface area contributed by atoms with E-state index in [0.29, 0.717) is 87.9 Å². The molecule has 0 aromatic heterocycles. The van der Waals surface area contributed by atoms with Crippen LogP contribution in [0.25, 0.3) is 0 Å². The summed E-state index contributed by atoms with van der Waals surface area (Å²) in [4.78, 5) is 119. The summed E-state index contributed by atoms with van der Waals surface area (Å²) in [5.74, 6) is -0.912. The zero-order chi connectivity index (χ0) is 112. The molecule has 0 spiro atoms. The van der Waals surface area contributed by atoms with Gasteiger partial charge in [0.15, 0.2) is 12.6 Å². The molecule has 0 saturated carbocycles. The number of unbranched alkanes of at least 4 members (excludes halogenated alkanes) is 6. The van der Waals surface area contributed by atoms with E-state index in [0.717, 1.165) is 68.9 Å². The Kier molecular flexibility index (Phi) is 91.3. The Morgan fingerprint density at radius 3 is 0.986 bits per heavy atom. The number of alkyl carbamates (subject to hydrolysis) is 3. The van der Waals surface area contributed by atoms with Gasteiger partial charge in [-0.15, -0.1) is 61.7 Å². The summed E-state index contributed by atoms with van der Waals surface area (Å²) >= 11 is 27.7. The number of nitro groups is 3. The Bertz CT molecular complexity index is 4860. The van der Waals surface area contributed by atoms with E-state index in [2.05, 4.69) is 66.0 Å². The molecule has 58 heteroatoms. The number of hydrogen-bond acceptors (Lipinski definition) is 34. The zero-order valence-corrected chi connectivity index (χ0v) is 99.6. The summed E-state index contributed by atoms with van der Waals surface area (Å²) in [5, 5.41) is 81.2. The van der Waals surface area contributed by atoms with E-state index in [-0.39, 0.29) is 184 Å². The number of carboxylic acid groups (broad SMARTS) is 1. The predicted molar refractivity (Wildman–Crippen MR) is 584 cm³/mol. The zero-order valence-electron chi connectivity index (χ0n) is 87.7. The maximum Gasteiger partial charge on any atom is 1.00 e. The molecule has 148 heavy (non-hydrogen) atoms. The number of aliphatic hydroxyl groups is 2. The van der Waals surface area contributed by atoms with Crippen LogP contribution in [-0.4, -0.2) is 212 Å². The van der Waals surface area contributed by atoms with Crippen LogP contribution in [0.3, 0.4) is 0 Å². The van der Waals surface area contributed by atoms with Gasteiger partial charge in [0.1, 0.15) is 58.9 Å². The smallest absolute Gasteiger partial charge is 1.00 e. The van der Waals surface area contributed by atoms with E-state index in [9.17, 15) is 101 Å². The van der Waals surface area contributed by atoms with Crippen LogP contribution in [0.1, 0.15) is 228 Å². The van der Waals surface area contributed by atoms with Gasteiger partial charge in [-0.1, -0.05) is 53.8 Å². The van der Waals surface area contributed by atoms with Crippen LogP contribution in [-0.2, 0) is 93.9 Å². The van der Waals surface area contributed by atoms with Gasteiger partial charge in [0.2, 0.25) is 11.8 Å². The Labute approximate surface area is 928 Å². The number of nitro benzene ring substituents is 3. The van der Waals surface area contributed by atoms with Crippen molar-refractivity contribution >= 4 is 202 Å². The number of nitrogens with one attached hydrogen (secondary N) is 5. The Morgan fingerprint density at radius 1 is 0.453 bits per heavy atom. The molecule has 0 saturated heterocycles. The van der Waals surface area contributed by atoms with Crippen molar-refractivity contribution < 1.29 is 187 Å². The number of carboxylic acids is 1. The average Bonchev–Trinajstić information content (AvgIpc) is 0.874. The number of aliphatic carboxylic acids is 1. The van der Waals surface area contributed by atoms with Crippen LogP contribution in [0.4, 0.5) is 47.2 Å². The standard InChI is InChI=1S/C21H34FN2O6P.C21H35N2O7P.C11H21NO4.C10H14NO6P.C10H12NO6P.C7H5NO4.C3H9BrSi.C3H8ClO2P.2CH2Cl2.2CH4.B.Na.H/c1-6-28-31(5,27)30-18-12-11-17(14-16(18)15-22)24-19(25)10-8-7-9-13-23-20(26)29-21(2,3)4;1-6-28-31(5,27)30-18-12-11-17(14-16(18)15-24)23-19(25)10-8-7-9-13-22-20(26)29-21(2,3)4;1-11(2,3)16-10(15)12-8-6-4-5-7-9(13)14;2*1-3-16-18(2,15)17-10-5-4-9(11(13)14)6-8(10)7-12;9-4-5-3-6(8(11)12)1-2-7(5)10;1-5(2,3)4;1-3-6-7(2,4)5;2*2-1-3;;;;;/h11-12,14H,6-10,13,15H2,1-5H3,(H,23,26)(H,24,25);11-12,14,24H,6-10,13,15H2,1-5H3,(H,22,26)(H,23,25);4-8H2,1-3H3,(H,12,15)(H,13,14);4-6,12H,3,7H2,1-2H3;4-7H,3H2,1-2H3;1-4,10H;1-3H3;3H2,1-2H3;2*1H2;2*1H4;;;/q;;;;;;;;;;;;;+1;-1. The fourth-order valence-electron chi connectivity index (χ4n) is 9.89. The first-order valence-electron chi connectivity index (χ1n) is 44.2. The van der Waals surface area contributed by atoms with E-state index in [1.165, 1.54) is 69.7 Å². The quantitative estimate of drug-likeness (QED) is 0.00201. The molecule has 5 aromatic rings. The second-order valence-electron chi connectivity index (χ2n) is 33.1. The van der Waals surface area contributed by atoms with Crippen LogP contribution in [0, 0.1) is 30.3 Å². The van der Waals surface area contributed by atoms with Gasteiger partial charge < -0.3 is 103 Å². The van der Waals surface area contributed by atoms with Gasteiger partial charge >= 0.3 is 84.2 Å². The van der Waals surface area contributed by atoms with E-state index < -0.39 is 113 Å². The number of carbonyl (C=O) groups excluding carboxylic acids is 7. The fourth-order valence-corrected chi connectivity index (χ4v) is 14.9. The number of phenols is 1. The second-order valence-corrected chi connectivity index (χ2v) is 57.5. The molecule has 0 fully saturated rings. The number of anilines is 2. The van der Waals surface area contributed by atoms with Gasteiger partial charge in [-0.25, -0.2) is 37.0 Å². The Balaban J connectivity index is -0.000000191. The van der Waals surface area contributed by atoms with Crippen molar-refractivity contribution in [2.75, 3.05) is 107 Å². The van der Waals surface area contributed by atoms with E-state index in [1.807, 2.05) is 0 Å². The molecule has 0 aliphatic heterocycles. The van der Waals surface area contributed by atoms with Crippen LogP contribution < -0.4 is 74.2 Å². The van der Waals surface area contributed by atoms with Crippen molar-refractivity contribution in [3.8, 4) is 28.7 Å². The number of rotatable bonds is 46. The third-order valence-electron chi connectivity index (χ3n) is 15.2. The first kappa shape index (κ1) is 158. The number of phenolic OH excluding ortho intramolecular Hbond substituents is 1. The van der Waals surface area contributed by atoms with Crippen LogP contribution in [0.5, 0.6) is 28.7 Å². The van der Waals surface area contributed by atoms with E-state index >= 15 is 0 Å². The SMILES string of the molecule is C.C.CC(C)(C)OC(=O)NCCCCCC(=O)O.CCOP(C)(=O)Cl.CCOP(C)(=O)Oc1ccc(NC(=O)CCCCCNC(=O)OC(C)(C)C)cc1CF.CCOP(C)(=O)Oc1ccc(NC(=O)CCCCCNC(=O)OC(C)(C)C)cc1CO.CCOP(C)(=O)Oc1ccc([N+](=O)[O-])cc1C=O.CCOP(C)(=O)Oc1ccc([N+](=O)[O-])cc1CO.C[Si](C)(C)Br.ClCCl.ClCCl.O=Cc1cc([N+](=O)[O-])ccc1O.[B].[H-].[Na+]. The van der Waals surface area contributed by atoms with Crippen LogP contribution in [0.15, 0.2) is 91.0 Å². The minimum Gasteiger partial charge on any atom is -1.00 e. The normalized spacial score (nSPS) is 12.4. The number of non-ortho nitro benzene ring substituents is 3. The molecule has 5 unspecified atom stereocenters. The maximum absolute atomic E-state index is 13.4. The van der Waals surface area contributed by atoms with Crippen molar-refractivity contribution in [2.24, 2.45) is 0 Å². The summed E-state index contributed by atoms with van der Waals surface area (Å²) < 4.78 is 132. The fraction of sp³-hybridized carbons (Fsp3) is 0.578. The number of nitrogens with zero attached hydrogens (tertiary/aromatic N) is 3. The molecule has 0 aliphatic rings. The minimum absolute atomic E-state index is 0. The molecule has 5 rings (SSSR count). The van der Waals surface area contributed by atoms with Gasteiger partial charge in [0.05, 0.1) is 82.8 Å². The molecule has 5 atom stereocenters. The van der Waals surface area contributed by atoms with Gasteiger partial charge in [-0.2, -0.15) is 0 Å². The van der Waals surface area contributed by atoms with Gasteiger partial charge in [-0.05, 0) is 201 Å². The molecule has 843 valence electrons. The molecule has 9 N–H and O–H groups in total. The van der Waals surface area contributed by atoms with Crippen LogP contribution in [0.2, 0.25) is 19.6 Å². The van der Waals surface area contributed by atoms with Gasteiger partial charge in [0.25, 0.3) is 23.8 Å². The molecule has 0 bridgehead atoms. The monoisotopic (exact) mass is 2390 g/mol. The predicted octanol–water partition coefficient (Wildman–Crippen LogP) is 23.3. The number of carbonyl (C=O) groups is 8. The molecule has 43 nitrogen and oxygen atoms in total. The number of ether oxygens (including phenoxy) is 3. The number of aromatic hydroxyl groups is 1. The maximum atomic E-state index is 13.4. The summed E-state index contributed by atoms with van der Waals surface area (Å²) in [5.41, 5.74) is -0.602. The van der Waals surface area contributed by atoms with Crippen LogP contribution >= 0.6 is 110 Å². The topological polar surface area (TPSA) is 603 Å². The molecule has 0 heterocycles. The number of alkyl halides is 5. The summed E-state index contributed by atoms with van der Waals surface area (Å²) in [7, 11) is -13.2. The Hall–Kier alpha value is -7.13. The molecule has 5 amide bonds. The third kappa shape index (κ3) is 91.5. The minimum atomic E-state index is -3.33. The van der Waals surface area contributed by atoms with Crippen molar-refractivity contribution in [1.29, 1.82) is 0 Å². The van der Waals surface area contributed by atoms with Gasteiger partial charge in [-0.3, -0.25) is 58.9 Å². The number of benzene rings is 5. The number of amides is 5. The Morgan fingerprint density at radius 2 is 0.716 bits per heavy atom. The summed E-state index contributed by atoms with van der Waals surface area (Å²) in [6.07, 6.45) is 6.77. The second kappa shape index (κ2) is 85.3. The van der Waals surface area contributed by atoms with Gasteiger partial charge in [0, 0.05) is 145 Å². The molecular formula is C90H151BBrCl5FN8NaO35P5Si. The summed E-state index contributed by atoms with van der Waals surface area (Å²) in [6, 6.07) is 19.5.